The van der Waals surface area contributed by atoms with Gasteiger partial charge in [0.15, 0.2) is 0 Å². The molecule has 1 atom stereocenters. The van der Waals surface area contributed by atoms with E-state index in [2.05, 4.69) is 37.2 Å². The fraction of sp³-hybridized carbons (Fsp3) is 0.188. The SMILES string of the molecule is O=C(NC1CCOc2ccc(Br)cc21)c1cccc(Br)c1. The second-order valence-electron chi connectivity index (χ2n) is 4.86. The summed E-state index contributed by atoms with van der Waals surface area (Å²) in [7, 11) is 0. The minimum absolute atomic E-state index is 0.0299. The van der Waals surface area contributed by atoms with E-state index in [0.29, 0.717) is 12.2 Å². The Morgan fingerprint density at radius 2 is 1.95 bits per heavy atom. The molecule has 0 saturated carbocycles. The lowest BCUT2D eigenvalue weighted by Gasteiger charge is -2.27. The zero-order chi connectivity index (χ0) is 14.8. The minimum atomic E-state index is -0.0749. The second-order valence-corrected chi connectivity index (χ2v) is 6.69. The van der Waals surface area contributed by atoms with Crippen LogP contribution in [-0.4, -0.2) is 12.5 Å². The minimum Gasteiger partial charge on any atom is -0.493 e. The van der Waals surface area contributed by atoms with Crippen LogP contribution >= 0.6 is 31.9 Å². The van der Waals surface area contributed by atoms with Gasteiger partial charge in [0.25, 0.3) is 5.91 Å². The van der Waals surface area contributed by atoms with Crippen molar-refractivity contribution in [3.8, 4) is 5.75 Å². The highest BCUT2D eigenvalue weighted by atomic mass is 79.9. The summed E-state index contributed by atoms with van der Waals surface area (Å²) < 4.78 is 7.51. The van der Waals surface area contributed by atoms with E-state index in [9.17, 15) is 4.79 Å². The molecule has 0 aromatic heterocycles. The van der Waals surface area contributed by atoms with Crippen LogP contribution in [0.5, 0.6) is 5.75 Å². The van der Waals surface area contributed by atoms with Gasteiger partial charge in [0.2, 0.25) is 0 Å². The maximum atomic E-state index is 12.4. The van der Waals surface area contributed by atoms with Gasteiger partial charge in [0.05, 0.1) is 12.6 Å². The van der Waals surface area contributed by atoms with Gasteiger partial charge in [-0.3, -0.25) is 4.79 Å². The van der Waals surface area contributed by atoms with Gasteiger partial charge >= 0.3 is 0 Å². The molecular weight excluding hydrogens is 398 g/mol. The Bertz CT molecular complexity index is 688. The van der Waals surface area contributed by atoms with Crippen molar-refractivity contribution in [1.82, 2.24) is 5.32 Å². The molecular formula is C16H13Br2NO2. The van der Waals surface area contributed by atoms with Crippen molar-refractivity contribution in [3.63, 3.8) is 0 Å². The smallest absolute Gasteiger partial charge is 0.251 e. The van der Waals surface area contributed by atoms with E-state index in [-0.39, 0.29) is 11.9 Å². The zero-order valence-corrected chi connectivity index (χ0v) is 14.3. The predicted molar refractivity (Wildman–Crippen MR) is 88.6 cm³/mol. The average Bonchev–Trinajstić information content (AvgIpc) is 2.48. The number of halogens is 2. The van der Waals surface area contributed by atoms with Gasteiger partial charge in [-0.05, 0) is 36.4 Å². The molecule has 5 heteroatoms. The first kappa shape index (κ1) is 14.6. The van der Waals surface area contributed by atoms with Gasteiger partial charge in [-0.15, -0.1) is 0 Å². The van der Waals surface area contributed by atoms with Crippen LogP contribution in [0.2, 0.25) is 0 Å². The number of benzene rings is 2. The molecule has 1 aliphatic heterocycles. The predicted octanol–water partition coefficient (Wildman–Crippen LogP) is 4.47. The molecule has 0 bridgehead atoms. The van der Waals surface area contributed by atoms with Crippen molar-refractivity contribution in [1.29, 1.82) is 0 Å². The van der Waals surface area contributed by atoms with Crippen LogP contribution in [0.15, 0.2) is 51.4 Å². The number of nitrogens with one attached hydrogen (secondary N) is 1. The quantitative estimate of drug-likeness (QED) is 0.793. The van der Waals surface area contributed by atoms with Crippen molar-refractivity contribution in [2.24, 2.45) is 0 Å². The van der Waals surface area contributed by atoms with Crippen LogP contribution in [-0.2, 0) is 0 Å². The first-order valence-corrected chi connectivity index (χ1v) is 8.21. The van der Waals surface area contributed by atoms with Gasteiger partial charge in [-0.25, -0.2) is 0 Å². The van der Waals surface area contributed by atoms with Crippen LogP contribution in [0.3, 0.4) is 0 Å². The molecule has 3 rings (SSSR count). The summed E-state index contributed by atoms with van der Waals surface area (Å²) >= 11 is 6.85. The van der Waals surface area contributed by atoms with Crippen molar-refractivity contribution >= 4 is 37.8 Å². The fourth-order valence-electron chi connectivity index (χ4n) is 2.39. The number of hydrogen-bond acceptors (Lipinski definition) is 2. The van der Waals surface area contributed by atoms with E-state index in [1.807, 2.05) is 36.4 Å². The van der Waals surface area contributed by atoms with Crippen molar-refractivity contribution in [3.05, 3.63) is 62.5 Å². The Morgan fingerprint density at radius 1 is 1.14 bits per heavy atom. The molecule has 3 nitrogen and oxygen atoms in total. The number of rotatable bonds is 2. The van der Waals surface area contributed by atoms with Crippen molar-refractivity contribution < 1.29 is 9.53 Å². The Labute approximate surface area is 140 Å². The van der Waals surface area contributed by atoms with E-state index in [1.54, 1.807) is 6.07 Å². The lowest BCUT2D eigenvalue weighted by molar-refractivity contribution is 0.0924. The molecule has 0 radical (unpaired) electrons. The zero-order valence-electron chi connectivity index (χ0n) is 11.1. The first-order chi connectivity index (χ1) is 10.1. The summed E-state index contributed by atoms with van der Waals surface area (Å²) in [5.74, 6) is 0.762. The highest BCUT2D eigenvalue weighted by Gasteiger charge is 2.23. The second kappa shape index (κ2) is 6.20. The molecule has 0 aliphatic carbocycles. The lowest BCUT2D eigenvalue weighted by Crippen LogP contribution is -2.32. The Balaban J connectivity index is 1.83. The van der Waals surface area contributed by atoms with Gasteiger partial charge in [-0.2, -0.15) is 0 Å². The number of carbonyl (C=O) groups is 1. The molecule has 0 saturated heterocycles. The van der Waals surface area contributed by atoms with Crippen LogP contribution < -0.4 is 10.1 Å². The third kappa shape index (κ3) is 3.30. The molecule has 1 unspecified atom stereocenters. The Hall–Kier alpha value is -1.33. The topological polar surface area (TPSA) is 38.3 Å². The van der Waals surface area contributed by atoms with Gasteiger partial charge in [0, 0.05) is 26.5 Å². The number of amides is 1. The maximum absolute atomic E-state index is 12.4. The number of hydrogen-bond donors (Lipinski definition) is 1. The van der Waals surface area contributed by atoms with E-state index >= 15 is 0 Å². The first-order valence-electron chi connectivity index (χ1n) is 6.62. The average molecular weight is 411 g/mol. The lowest BCUT2D eigenvalue weighted by atomic mass is 10.00. The van der Waals surface area contributed by atoms with E-state index in [0.717, 1.165) is 26.7 Å². The molecule has 1 aliphatic rings. The fourth-order valence-corrected chi connectivity index (χ4v) is 3.16. The highest BCUT2D eigenvalue weighted by molar-refractivity contribution is 9.10. The molecule has 0 fully saturated rings. The monoisotopic (exact) mass is 409 g/mol. The molecule has 108 valence electrons. The largest absolute Gasteiger partial charge is 0.493 e. The molecule has 2 aromatic carbocycles. The van der Waals surface area contributed by atoms with E-state index in [4.69, 9.17) is 4.74 Å². The standard InChI is InChI=1S/C16H13Br2NO2/c17-11-3-1-2-10(8-11)16(20)19-14-6-7-21-15-5-4-12(18)9-13(14)15/h1-5,8-9,14H,6-7H2,(H,19,20). The van der Waals surface area contributed by atoms with Crippen LogP contribution in [0, 0.1) is 0 Å². The molecule has 21 heavy (non-hydrogen) atoms. The number of carbonyl (C=O) groups excluding carboxylic acids is 1. The van der Waals surface area contributed by atoms with E-state index < -0.39 is 0 Å². The van der Waals surface area contributed by atoms with Crippen molar-refractivity contribution in [2.45, 2.75) is 12.5 Å². The summed E-state index contributed by atoms with van der Waals surface area (Å²) in [6.07, 6.45) is 0.767. The van der Waals surface area contributed by atoms with Crippen LogP contribution in [0.4, 0.5) is 0 Å². The molecule has 1 N–H and O–H groups in total. The summed E-state index contributed by atoms with van der Waals surface area (Å²) in [5, 5.41) is 3.09. The number of fused-ring (bicyclic) bond motifs is 1. The van der Waals surface area contributed by atoms with Gasteiger partial charge in [-0.1, -0.05) is 37.9 Å². The van der Waals surface area contributed by atoms with Gasteiger partial charge < -0.3 is 10.1 Å². The van der Waals surface area contributed by atoms with E-state index in [1.165, 1.54) is 0 Å². The Kier molecular flexibility index (Phi) is 4.31. The van der Waals surface area contributed by atoms with Crippen molar-refractivity contribution in [2.75, 3.05) is 6.61 Å². The molecule has 0 spiro atoms. The normalized spacial score (nSPS) is 16.8. The number of ether oxygens (including phenoxy) is 1. The third-order valence-electron chi connectivity index (χ3n) is 3.40. The summed E-state index contributed by atoms with van der Waals surface area (Å²) in [6, 6.07) is 13.2. The maximum Gasteiger partial charge on any atom is 0.251 e. The molecule has 1 amide bonds. The molecule has 1 heterocycles. The third-order valence-corrected chi connectivity index (χ3v) is 4.39. The summed E-state index contributed by atoms with van der Waals surface area (Å²) in [6.45, 7) is 0.609. The van der Waals surface area contributed by atoms with Crippen LogP contribution in [0.1, 0.15) is 28.4 Å². The van der Waals surface area contributed by atoms with Gasteiger partial charge in [0.1, 0.15) is 5.75 Å². The Morgan fingerprint density at radius 3 is 2.76 bits per heavy atom. The van der Waals surface area contributed by atoms with Crippen LogP contribution in [0.25, 0.3) is 0 Å². The summed E-state index contributed by atoms with van der Waals surface area (Å²) in [4.78, 5) is 12.4. The summed E-state index contributed by atoms with van der Waals surface area (Å²) in [5.41, 5.74) is 1.66. The molecule has 2 aromatic rings. The highest BCUT2D eigenvalue weighted by Crippen LogP contribution is 2.34.